The van der Waals surface area contributed by atoms with E-state index < -0.39 is 6.29 Å². The molecule has 0 aliphatic rings. The van der Waals surface area contributed by atoms with Gasteiger partial charge in [-0.3, -0.25) is 4.79 Å². The van der Waals surface area contributed by atoms with Crippen LogP contribution in [0.4, 0.5) is 5.69 Å². The zero-order valence-corrected chi connectivity index (χ0v) is 19.1. The quantitative estimate of drug-likeness (QED) is 0.229. The van der Waals surface area contributed by atoms with Gasteiger partial charge in [-0.05, 0) is 42.0 Å². The van der Waals surface area contributed by atoms with Crippen molar-refractivity contribution in [3.63, 3.8) is 0 Å². The largest absolute Gasteiger partial charge is 0.367 e. The van der Waals surface area contributed by atoms with Crippen molar-refractivity contribution in [2.24, 2.45) is 0 Å². The van der Waals surface area contributed by atoms with Crippen LogP contribution in [0, 0.1) is 0 Å². The van der Waals surface area contributed by atoms with Gasteiger partial charge in [0.1, 0.15) is 10.7 Å². The van der Waals surface area contributed by atoms with E-state index in [4.69, 9.17) is 21.8 Å². The lowest BCUT2D eigenvalue weighted by Gasteiger charge is -2.05. The summed E-state index contributed by atoms with van der Waals surface area (Å²) < 4.78 is 0. The minimum atomic E-state index is -1.35. The average molecular weight is 483 g/mol. The van der Waals surface area contributed by atoms with E-state index in [0.29, 0.717) is 16.4 Å². The number of hydrogen-bond acceptors (Lipinski definition) is 6. The van der Waals surface area contributed by atoms with Crippen molar-refractivity contribution >= 4 is 46.3 Å². The Morgan fingerprint density at radius 1 is 0.969 bits per heavy atom. The molecular formula is C24H19ClN2O3S2. The first kappa shape index (κ1) is 22.5. The van der Waals surface area contributed by atoms with Gasteiger partial charge < -0.3 is 15.5 Å². The van der Waals surface area contributed by atoms with Crippen molar-refractivity contribution in [1.82, 2.24) is 4.98 Å². The van der Waals surface area contributed by atoms with Gasteiger partial charge in [-0.1, -0.05) is 54.1 Å². The van der Waals surface area contributed by atoms with E-state index in [0.717, 1.165) is 25.9 Å². The lowest BCUT2D eigenvalue weighted by atomic mass is 10.1. The number of nitrogens with one attached hydrogen (secondary N) is 1. The van der Waals surface area contributed by atoms with Crippen LogP contribution in [0.25, 0.3) is 21.0 Å². The summed E-state index contributed by atoms with van der Waals surface area (Å²) in [6, 6.07) is 24.3. The van der Waals surface area contributed by atoms with Crippen LogP contribution < -0.4 is 5.32 Å². The molecule has 1 heterocycles. The fraction of sp³-hybridized carbons (Fsp3) is 0.0833. The Morgan fingerprint density at radius 3 is 2.31 bits per heavy atom. The van der Waals surface area contributed by atoms with Gasteiger partial charge in [0.2, 0.25) is 0 Å². The summed E-state index contributed by atoms with van der Waals surface area (Å²) >= 11 is 8.74. The van der Waals surface area contributed by atoms with Crippen LogP contribution in [0.3, 0.4) is 0 Å². The topological polar surface area (TPSA) is 82.5 Å². The van der Waals surface area contributed by atoms with Gasteiger partial charge in [0.25, 0.3) is 5.91 Å². The second-order valence-corrected chi connectivity index (χ2v) is 9.37. The highest BCUT2D eigenvalue weighted by Crippen LogP contribution is 2.36. The highest BCUT2D eigenvalue weighted by molar-refractivity contribution is 7.99. The number of anilines is 1. The van der Waals surface area contributed by atoms with Gasteiger partial charge in [-0.2, -0.15) is 0 Å². The van der Waals surface area contributed by atoms with Gasteiger partial charge in [-0.15, -0.1) is 23.1 Å². The lowest BCUT2D eigenvalue weighted by molar-refractivity contribution is -0.0186. The molecule has 0 radical (unpaired) electrons. The number of benzene rings is 3. The Kier molecular flexibility index (Phi) is 7.24. The molecule has 162 valence electrons. The minimum Gasteiger partial charge on any atom is -0.367 e. The monoisotopic (exact) mass is 482 g/mol. The number of hydrogen-bond donors (Lipinski definition) is 3. The van der Waals surface area contributed by atoms with E-state index in [9.17, 15) is 4.79 Å². The molecule has 0 saturated carbocycles. The molecule has 3 aromatic carbocycles. The van der Waals surface area contributed by atoms with E-state index in [-0.39, 0.29) is 11.7 Å². The van der Waals surface area contributed by atoms with Crippen molar-refractivity contribution in [2.45, 2.75) is 11.2 Å². The third-order valence-corrected chi connectivity index (χ3v) is 6.96. The van der Waals surface area contributed by atoms with Gasteiger partial charge in [-0.25, -0.2) is 4.98 Å². The molecule has 0 atom stereocenters. The van der Waals surface area contributed by atoms with Crippen LogP contribution in [0.15, 0.2) is 83.8 Å². The second-order valence-electron chi connectivity index (χ2n) is 6.84. The number of thiazole rings is 1. The molecular weight excluding hydrogens is 464 g/mol. The van der Waals surface area contributed by atoms with Crippen LogP contribution in [-0.4, -0.2) is 33.1 Å². The van der Waals surface area contributed by atoms with Gasteiger partial charge in [0.15, 0.2) is 6.29 Å². The lowest BCUT2D eigenvalue weighted by Crippen LogP contribution is -2.13. The molecule has 0 aliphatic heterocycles. The Morgan fingerprint density at radius 2 is 1.66 bits per heavy atom. The van der Waals surface area contributed by atoms with Crippen LogP contribution in [0.1, 0.15) is 10.5 Å². The van der Waals surface area contributed by atoms with Crippen molar-refractivity contribution < 1.29 is 15.0 Å². The zero-order chi connectivity index (χ0) is 22.5. The summed E-state index contributed by atoms with van der Waals surface area (Å²) in [5.41, 5.74) is 2.79. The number of halogens is 1. The van der Waals surface area contributed by atoms with E-state index in [2.05, 4.69) is 10.3 Å². The molecule has 1 aromatic heterocycles. The fourth-order valence-corrected chi connectivity index (χ4v) is 4.84. The number of nitrogens with zero attached hydrogens (tertiary/aromatic N) is 1. The molecule has 0 unspecified atom stereocenters. The standard InChI is InChI=1S/C24H19ClN2O3S2/c25-17-8-10-18(11-9-17)26-23(30)21-22(15-4-2-1-3-5-15)32-24(27-21)16-6-12-19(13-7-16)31-14-20(28)29/h1-13,20,28-29H,14H2,(H,26,30). The van der Waals surface area contributed by atoms with E-state index in [1.165, 1.54) is 23.1 Å². The number of aliphatic hydroxyl groups is 2. The van der Waals surface area contributed by atoms with Crippen LogP contribution in [-0.2, 0) is 0 Å². The maximum atomic E-state index is 13.1. The zero-order valence-electron chi connectivity index (χ0n) is 16.7. The fourth-order valence-electron chi connectivity index (χ4n) is 2.97. The first-order valence-electron chi connectivity index (χ1n) is 9.72. The molecule has 32 heavy (non-hydrogen) atoms. The molecule has 0 saturated heterocycles. The van der Waals surface area contributed by atoms with Crippen molar-refractivity contribution in [1.29, 1.82) is 0 Å². The average Bonchev–Trinajstić information content (AvgIpc) is 3.26. The third-order valence-electron chi connectivity index (χ3n) is 4.48. The molecule has 4 aromatic rings. The number of carbonyl (C=O) groups excluding carboxylic acids is 1. The smallest absolute Gasteiger partial charge is 0.275 e. The van der Waals surface area contributed by atoms with Gasteiger partial charge in [0.05, 0.1) is 4.88 Å². The van der Waals surface area contributed by atoms with Crippen molar-refractivity contribution in [3.05, 3.63) is 89.6 Å². The summed E-state index contributed by atoms with van der Waals surface area (Å²) in [7, 11) is 0. The third kappa shape index (κ3) is 5.56. The van der Waals surface area contributed by atoms with Crippen molar-refractivity contribution in [3.8, 4) is 21.0 Å². The van der Waals surface area contributed by atoms with Gasteiger partial charge >= 0.3 is 0 Å². The molecule has 3 N–H and O–H groups in total. The molecule has 8 heteroatoms. The first-order chi connectivity index (χ1) is 15.5. The normalized spacial score (nSPS) is 11.0. The first-order valence-corrected chi connectivity index (χ1v) is 11.9. The van der Waals surface area contributed by atoms with E-state index in [1.807, 2.05) is 54.6 Å². The van der Waals surface area contributed by atoms with E-state index in [1.54, 1.807) is 24.3 Å². The van der Waals surface area contributed by atoms with Crippen LogP contribution in [0.2, 0.25) is 5.02 Å². The maximum absolute atomic E-state index is 13.1. The molecule has 0 bridgehead atoms. The number of aromatic nitrogens is 1. The summed E-state index contributed by atoms with van der Waals surface area (Å²) in [4.78, 5) is 19.5. The maximum Gasteiger partial charge on any atom is 0.275 e. The highest BCUT2D eigenvalue weighted by Gasteiger charge is 2.20. The highest BCUT2D eigenvalue weighted by atomic mass is 35.5. The molecule has 0 spiro atoms. The molecule has 5 nitrogen and oxygen atoms in total. The van der Waals surface area contributed by atoms with Crippen molar-refractivity contribution in [2.75, 3.05) is 11.1 Å². The second kappa shape index (κ2) is 10.3. The summed E-state index contributed by atoms with van der Waals surface area (Å²) in [5, 5.41) is 22.3. The van der Waals surface area contributed by atoms with Crippen LogP contribution in [0.5, 0.6) is 0 Å². The van der Waals surface area contributed by atoms with Gasteiger partial charge in [0, 0.05) is 26.9 Å². The summed E-state index contributed by atoms with van der Waals surface area (Å²) in [6.07, 6.45) is -1.35. The summed E-state index contributed by atoms with van der Waals surface area (Å²) in [5.74, 6) is -0.0955. The predicted octanol–water partition coefficient (Wildman–Crippen LogP) is 5.79. The summed E-state index contributed by atoms with van der Waals surface area (Å²) in [6.45, 7) is 0. The van der Waals surface area contributed by atoms with E-state index >= 15 is 0 Å². The van der Waals surface area contributed by atoms with Crippen LogP contribution >= 0.6 is 34.7 Å². The number of rotatable bonds is 7. The number of amides is 1. The Hall–Kier alpha value is -2.68. The molecule has 1 amide bonds. The minimum absolute atomic E-state index is 0.198. The number of carbonyl (C=O) groups is 1. The Bertz CT molecular complexity index is 1190. The Balaban J connectivity index is 1.65. The molecule has 0 aliphatic carbocycles. The number of thioether (sulfide) groups is 1. The Labute approximate surface area is 198 Å². The molecule has 4 rings (SSSR count). The molecule has 0 fully saturated rings. The number of aliphatic hydroxyl groups excluding tert-OH is 1. The SMILES string of the molecule is O=C(Nc1ccc(Cl)cc1)c1nc(-c2ccc(SCC(O)O)cc2)sc1-c1ccccc1. The predicted molar refractivity (Wildman–Crippen MR) is 131 cm³/mol.